The minimum atomic E-state index is -4.98. The molecule has 0 aliphatic rings. The molecule has 0 bridgehead atoms. The Bertz CT molecular complexity index is 233. The van der Waals surface area contributed by atoms with Crippen LogP contribution in [0.2, 0.25) is 0 Å². The summed E-state index contributed by atoms with van der Waals surface area (Å²) in [4.78, 5) is 51.8. The average Bonchev–Trinajstić information content (AvgIpc) is 1.43. The summed E-state index contributed by atoms with van der Waals surface area (Å²) in [6, 6.07) is 0. The first-order chi connectivity index (χ1) is 5.41. The molecule has 0 rings (SSSR count). The highest BCUT2D eigenvalue weighted by Gasteiger charge is 2.47. The fourth-order valence-electron chi connectivity index (χ4n) is 0.386. The van der Waals surface area contributed by atoms with Crippen molar-refractivity contribution in [3.05, 3.63) is 0 Å². The molecule has 8 N–H and O–H groups in total. The van der Waals surface area contributed by atoms with Crippen LogP contribution in [0, 0.1) is 0 Å². The summed E-state index contributed by atoms with van der Waals surface area (Å²) in [7, 11) is -14.7. The van der Waals surface area contributed by atoms with E-state index in [0.29, 0.717) is 0 Å². The molecule has 0 aliphatic carbocycles. The zero-order valence-electron chi connectivity index (χ0n) is 5.84. The summed E-state index contributed by atoms with van der Waals surface area (Å²) < 4.78 is 20.3. The van der Waals surface area contributed by atoms with Crippen LogP contribution in [0.15, 0.2) is 0 Å². The van der Waals surface area contributed by atoms with E-state index in [2.05, 4.69) is 0 Å². The second kappa shape index (κ2) is 3.98. The fraction of sp³-hybridized carbons (Fsp3) is 0. The molecule has 0 unspecified atom stereocenters. The minimum absolute atomic E-state index is 0.938. The lowest BCUT2D eigenvalue weighted by molar-refractivity contribution is 0.347. The predicted molar refractivity (Wildman–Crippen MR) is 41.7 cm³/mol. The van der Waals surface area contributed by atoms with Gasteiger partial charge in [-0.3, -0.25) is 0 Å². The van der Waals surface area contributed by atoms with E-state index in [0.717, 1.165) is 9.72 Å². The first kappa shape index (κ1) is 13.6. The van der Waals surface area contributed by atoms with Crippen molar-refractivity contribution in [1.29, 1.82) is 0 Å². The first-order valence-electron chi connectivity index (χ1n) is 2.46. The molecule has 0 aliphatic heterocycles. The molecule has 0 radical (unpaired) electrons. The van der Waals surface area contributed by atoms with E-state index in [1.807, 2.05) is 0 Å². The zero-order valence-corrected chi connectivity index (χ0v) is 8.52. The Morgan fingerprint density at radius 3 is 1.23 bits per heavy atom. The second-order valence-corrected chi connectivity index (χ2v) is 6.87. The van der Waals surface area contributed by atoms with Gasteiger partial charge in [0.15, 0.2) is 0 Å². The van der Waals surface area contributed by atoms with Gasteiger partial charge >= 0.3 is 23.5 Å². The van der Waals surface area contributed by atoms with Gasteiger partial charge in [-0.15, -0.1) is 0 Å². The molecule has 0 aromatic heterocycles. The Labute approximate surface area is 72.6 Å². The maximum absolute atomic E-state index is 10.1. The van der Waals surface area contributed by atoms with E-state index < -0.39 is 23.5 Å². The van der Waals surface area contributed by atoms with Crippen molar-refractivity contribution in [1.82, 2.24) is 9.72 Å². The maximum Gasteiger partial charge on any atom is 0.446 e. The summed E-state index contributed by atoms with van der Waals surface area (Å²) in [6.45, 7) is 0. The molecule has 0 amide bonds. The molecule has 80 valence electrons. The lowest BCUT2D eigenvalue weighted by Crippen LogP contribution is -2.23. The van der Waals surface area contributed by atoms with Gasteiger partial charge in [0.1, 0.15) is 0 Å². The number of nitrogens with one attached hydrogen (secondary N) is 2. The quantitative estimate of drug-likeness (QED) is 0.263. The van der Waals surface area contributed by atoms with Crippen molar-refractivity contribution in [3.8, 4) is 0 Å². The topological polar surface area (TPSA) is 180 Å². The lowest BCUT2D eigenvalue weighted by Gasteiger charge is -2.13. The Balaban J connectivity index is 4.43. The van der Waals surface area contributed by atoms with Gasteiger partial charge < -0.3 is 19.6 Å². The van der Waals surface area contributed by atoms with Gasteiger partial charge in [-0.25, -0.2) is 9.13 Å². The SMILES string of the molecule is O=P(O)(O)N[P+](O)(O)NP(=O)(O)O. The molecule has 0 fully saturated rings. The molecule has 0 saturated heterocycles. The highest BCUT2D eigenvalue weighted by molar-refractivity contribution is 7.77. The van der Waals surface area contributed by atoms with Crippen LogP contribution in [-0.4, -0.2) is 29.4 Å². The monoisotopic (exact) mass is 257 g/mol. The van der Waals surface area contributed by atoms with E-state index in [1.165, 1.54) is 0 Å². The van der Waals surface area contributed by atoms with Crippen molar-refractivity contribution in [3.63, 3.8) is 0 Å². The average molecular weight is 257 g/mol. The predicted octanol–water partition coefficient (Wildman–Crippen LogP) is -1.99. The zero-order chi connectivity index (χ0) is 10.9. The molecule has 0 saturated carbocycles. The van der Waals surface area contributed by atoms with Gasteiger partial charge in [0.2, 0.25) is 0 Å². The van der Waals surface area contributed by atoms with Gasteiger partial charge in [-0.2, -0.15) is 9.79 Å². The van der Waals surface area contributed by atoms with Crippen LogP contribution in [0.3, 0.4) is 0 Å². The second-order valence-electron chi connectivity index (χ2n) is 1.89. The van der Waals surface area contributed by atoms with Gasteiger partial charge in [0.25, 0.3) is 0 Å². The normalized spacial score (nSPS) is 14.6. The molecule has 0 aromatic carbocycles. The smallest absolute Gasteiger partial charge is 0.310 e. The number of hydrogen-bond acceptors (Lipinski definition) is 4. The van der Waals surface area contributed by atoms with E-state index >= 15 is 0 Å². The minimum Gasteiger partial charge on any atom is -0.310 e. The summed E-state index contributed by atoms with van der Waals surface area (Å²) in [5.74, 6) is 0. The third kappa shape index (κ3) is 8.89. The highest BCUT2D eigenvalue weighted by Crippen LogP contribution is 2.56. The van der Waals surface area contributed by atoms with Crippen LogP contribution in [0.5, 0.6) is 0 Å². The van der Waals surface area contributed by atoms with Crippen LogP contribution in [0.1, 0.15) is 0 Å². The maximum atomic E-state index is 10.1. The molecule has 0 spiro atoms. The van der Waals surface area contributed by atoms with Gasteiger partial charge in [0, 0.05) is 0 Å². The Morgan fingerprint density at radius 2 is 1.08 bits per heavy atom. The van der Waals surface area contributed by atoms with E-state index in [-0.39, 0.29) is 0 Å². The van der Waals surface area contributed by atoms with Gasteiger partial charge in [0.05, 0.1) is 0 Å². The summed E-state index contributed by atoms with van der Waals surface area (Å²) >= 11 is 0. The Morgan fingerprint density at radius 1 is 0.846 bits per heavy atom. The van der Waals surface area contributed by atoms with Crippen molar-refractivity contribution in [2.75, 3.05) is 0 Å². The summed E-state index contributed by atoms with van der Waals surface area (Å²) in [5, 5.41) is 0. The largest absolute Gasteiger partial charge is 0.446 e. The van der Waals surface area contributed by atoms with Crippen molar-refractivity contribution in [2.24, 2.45) is 0 Å². The van der Waals surface area contributed by atoms with Crippen LogP contribution in [-0.2, 0) is 9.13 Å². The molecule has 13 heavy (non-hydrogen) atoms. The number of rotatable bonds is 4. The molecular weight excluding hydrogens is 249 g/mol. The van der Waals surface area contributed by atoms with Crippen molar-refractivity contribution in [2.45, 2.75) is 0 Å². The van der Waals surface area contributed by atoms with Crippen LogP contribution in [0.4, 0.5) is 0 Å². The highest BCUT2D eigenvalue weighted by atomic mass is 31.3. The third-order valence-corrected chi connectivity index (χ3v) is 4.85. The van der Waals surface area contributed by atoms with E-state index in [1.54, 1.807) is 0 Å². The molecule has 0 heterocycles. The summed E-state index contributed by atoms with van der Waals surface area (Å²) in [5.41, 5.74) is 0. The van der Waals surface area contributed by atoms with Gasteiger partial charge in [-0.05, 0) is 9.72 Å². The fourth-order valence-corrected chi connectivity index (χ4v) is 3.87. The van der Waals surface area contributed by atoms with Gasteiger partial charge in [-0.1, -0.05) is 0 Å². The van der Waals surface area contributed by atoms with E-state index in [9.17, 15) is 9.13 Å². The molecular formula is H8N2O8P3+. The van der Waals surface area contributed by atoms with Crippen LogP contribution < -0.4 is 9.72 Å². The third-order valence-electron chi connectivity index (χ3n) is 0.539. The van der Waals surface area contributed by atoms with E-state index in [4.69, 9.17) is 29.4 Å². The Hall–Kier alpha value is 0.570. The molecule has 13 heteroatoms. The lowest BCUT2D eigenvalue weighted by atomic mass is 13.8. The number of hydrogen-bond donors (Lipinski definition) is 8. The van der Waals surface area contributed by atoms with Crippen molar-refractivity contribution >= 4 is 23.5 Å². The van der Waals surface area contributed by atoms with Crippen LogP contribution >= 0.6 is 23.5 Å². The summed E-state index contributed by atoms with van der Waals surface area (Å²) in [6.07, 6.45) is 0. The molecule has 10 nitrogen and oxygen atoms in total. The molecule has 0 aromatic rings. The standard InChI is InChI=1S/H7N2O8P3/c3-11(4,1-12(5,6)7)2-13(8,9)10/h3-4H,(H5-,1,2,5,6,7,8,9,10)/p+1. The Kier molecular flexibility index (Phi) is 4.15. The molecule has 0 atom stereocenters. The first-order valence-corrected chi connectivity index (χ1v) is 7.38. The van der Waals surface area contributed by atoms with Crippen molar-refractivity contribution < 1.29 is 38.5 Å². The van der Waals surface area contributed by atoms with Crippen LogP contribution in [0.25, 0.3) is 0 Å².